The van der Waals surface area contributed by atoms with Gasteiger partial charge in [0.25, 0.3) is 0 Å². The van der Waals surface area contributed by atoms with Crippen molar-refractivity contribution >= 4 is 22.2 Å². The standard InChI is InChI=1S/C30H40N2O8S/c1-21(2)18-32(41(36,37)24-12-10-22(11-13-24)9-6-15-33)19-27(34)26(17-23-7-4-3-5-8-23)31-30(35)40-28-20-39-29-25(28)14-16-38-29/h3-13,21,25-29,33-34H,14-20H2,1-2H3,(H,31,35)/b9-6+/t25?,26-,27+,28?,29+/m0/s1. The number of aliphatic hydroxyl groups excluding tert-OH is 2. The summed E-state index contributed by atoms with van der Waals surface area (Å²) in [5.74, 6) is -0.0476. The van der Waals surface area contributed by atoms with Crippen molar-refractivity contribution in [2.45, 2.75) is 56.1 Å². The van der Waals surface area contributed by atoms with Crippen molar-refractivity contribution in [1.29, 1.82) is 0 Å². The van der Waals surface area contributed by atoms with Crippen molar-refractivity contribution < 1.29 is 37.6 Å². The summed E-state index contributed by atoms with van der Waals surface area (Å²) in [6, 6.07) is 14.9. The molecule has 2 saturated heterocycles. The molecule has 0 bridgehead atoms. The first-order valence-corrected chi connectivity index (χ1v) is 15.4. The Hall–Kier alpha value is -2.80. The van der Waals surface area contributed by atoms with Crippen LogP contribution in [0, 0.1) is 11.8 Å². The molecule has 2 unspecified atom stereocenters. The lowest BCUT2D eigenvalue weighted by Crippen LogP contribution is -2.51. The van der Waals surface area contributed by atoms with Crippen LogP contribution in [0.25, 0.3) is 6.08 Å². The second-order valence-electron chi connectivity index (χ2n) is 10.8. The molecule has 2 aromatic rings. The quantitative estimate of drug-likeness (QED) is 0.325. The van der Waals surface area contributed by atoms with E-state index in [0.717, 1.165) is 17.5 Å². The summed E-state index contributed by atoms with van der Waals surface area (Å²) in [6.45, 7) is 4.43. The van der Waals surface area contributed by atoms with Crippen molar-refractivity contribution in [2.24, 2.45) is 11.8 Å². The van der Waals surface area contributed by atoms with Crippen molar-refractivity contribution in [3.8, 4) is 0 Å². The number of nitrogens with zero attached hydrogens (tertiary/aromatic N) is 1. The smallest absolute Gasteiger partial charge is 0.407 e. The average Bonchev–Trinajstić information content (AvgIpc) is 3.57. The molecule has 2 aliphatic rings. The van der Waals surface area contributed by atoms with Crippen LogP contribution in [0.5, 0.6) is 0 Å². The van der Waals surface area contributed by atoms with E-state index in [9.17, 15) is 18.3 Å². The molecule has 2 aromatic carbocycles. The molecule has 0 saturated carbocycles. The molecule has 11 heteroatoms. The molecule has 0 aliphatic carbocycles. The summed E-state index contributed by atoms with van der Waals surface area (Å²) in [6.07, 6.45) is 1.52. The zero-order valence-corrected chi connectivity index (χ0v) is 24.3. The van der Waals surface area contributed by atoms with E-state index in [1.165, 1.54) is 16.4 Å². The highest BCUT2D eigenvalue weighted by Gasteiger charge is 2.44. The maximum Gasteiger partial charge on any atom is 0.407 e. The molecule has 224 valence electrons. The third kappa shape index (κ3) is 8.37. The van der Waals surface area contributed by atoms with Crippen LogP contribution in [-0.2, 0) is 30.7 Å². The van der Waals surface area contributed by atoms with Gasteiger partial charge in [-0.05, 0) is 42.0 Å². The van der Waals surface area contributed by atoms with Gasteiger partial charge in [-0.3, -0.25) is 0 Å². The van der Waals surface area contributed by atoms with Crippen molar-refractivity contribution in [1.82, 2.24) is 9.62 Å². The maximum absolute atomic E-state index is 13.7. The number of aliphatic hydroxyl groups is 2. The zero-order chi connectivity index (χ0) is 29.4. The largest absolute Gasteiger partial charge is 0.443 e. The van der Waals surface area contributed by atoms with Gasteiger partial charge in [-0.1, -0.05) is 68.5 Å². The van der Waals surface area contributed by atoms with Gasteiger partial charge in [-0.2, -0.15) is 4.31 Å². The summed E-state index contributed by atoms with van der Waals surface area (Å²) >= 11 is 0. The maximum atomic E-state index is 13.7. The third-order valence-corrected chi connectivity index (χ3v) is 9.05. The van der Waals surface area contributed by atoms with Gasteiger partial charge in [0, 0.05) is 13.1 Å². The molecule has 0 radical (unpaired) electrons. The molecule has 2 fully saturated rings. The second kappa shape index (κ2) is 14.4. The average molecular weight is 589 g/mol. The van der Waals surface area contributed by atoms with Crippen molar-refractivity contribution in [2.75, 3.05) is 32.9 Å². The minimum Gasteiger partial charge on any atom is -0.443 e. The van der Waals surface area contributed by atoms with E-state index in [0.29, 0.717) is 6.61 Å². The molecule has 4 rings (SSSR count). The monoisotopic (exact) mass is 588 g/mol. The molecule has 2 aliphatic heterocycles. The lowest BCUT2D eigenvalue weighted by Gasteiger charge is -2.31. The van der Waals surface area contributed by atoms with E-state index < -0.39 is 34.4 Å². The third-order valence-electron chi connectivity index (χ3n) is 7.20. The van der Waals surface area contributed by atoms with E-state index in [4.69, 9.17) is 19.3 Å². The number of carbonyl (C=O) groups is 1. The number of hydrogen-bond acceptors (Lipinski definition) is 8. The molecule has 3 N–H and O–H groups in total. The van der Waals surface area contributed by atoms with Crippen LogP contribution in [0.1, 0.15) is 31.4 Å². The number of hydrogen-bond donors (Lipinski definition) is 3. The van der Waals surface area contributed by atoms with Gasteiger partial charge in [0.15, 0.2) is 6.29 Å². The molecule has 5 atom stereocenters. The summed E-state index contributed by atoms with van der Waals surface area (Å²) in [7, 11) is -3.97. The molecular formula is C30H40N2O8S. The molecule has 0 aromatic heterocycles. The van der Waals surface area contributed by atoms with E-state index in [1.54, 1.807) is 24.3 Å². The van der Waals surface area contributed by atoms with Gasteiger partial charge >= 0.3 is 6.09 Å². The highest BCUT2D eigenvalue weighted by molar-refractivity contribution is 7.89. The number of amides is 1. The Morgan fingerprint density at radius 1 is 1.12 bits per heavy atom. The highest BCUT2D eigenvalue weighted by atomic mass is 32.2. The van der Waals surface area contributed by atoms with Crippen LogP contribution in [0.4, 0.5) is 4.79 Å². The molecule has 0 spiro atoms. The molecule has 2 heterocycles. The number of ether oxygens (including phenoxy) is 3. The minimum absolute atomic E-state index is 0.0156. The van der Waals surface area contributed by atoms with Gasteiger partial charge in [0.05, 0.1) is 42.8 Å². The predicted molar refractivity (Wildman–Crippen MR) is 153 cm³/mol. The Balaban J connectivity index is 1.51. The molecule has 1 amide bonds. The normalized spacial score (nSPS) is 22.2. The number of alkyl carbamates (subject to hydrolysis) is 1. The van der Waals surface area contributed by atoms with Gasteiger partial charge in [0.1, 0.15) is 6.10 Å². The first-order chi connectivity index (χ1) is 19.7. The van der Waals surface area contributed by atoms with E-state index in [-0.39, 0.29) is 55.7 Å². The summed E-state index contributed by atoms with van der Waals surface area (Å²) in [5, 5.41) is 23.2. The number of benzene rings is 2. The van der Waals surface area contributed by atoms with E-state index in [2.05, 4.69) is 5.32 Å². The number of rotatable bonds is 13. The summed E-state index contributed by atoms with van der Waals surface area (Å²) in [5.41, 5.74) is 1.62. The van der Waals surface area contributed by atoms with Crippen LogP contribution >= 0.6 is 0 Å². The van der Waals surface area contributed by atoms with Crippen molar-refractivity contribution in [3.63, 3.8) is 0 Å². The fraction of sp³-hybridized carbons (Fsp3) is 0.500. The Labute approximate surface area is 242 Å². The summed E-state index contributed by atoms with van der Waals surface area (Å²) in [4.78, 5) is 13.1. The van der Waals surface area contributed by atoms with Crippen LogP contribution in [0.15, 0.2) is 65.6 Å². The number of sulfonamides is 1. The number of carbonyl (C=O) groups excluding carboxylic acids is 1. The zero-order valence-electron chi connectivity index (χ0n) is 23.5. The SMILES string of the molecule is CC(C)CN(C[C@@H](O)[C@H](Cc1ccccc1)NC(=O)OC1CO[C@H]2OCCC12)S(=O)(=O)c1ccc(/C=C/CO)cc1. The Bertz CT molecular complexity index is 1250. The Kier molecular flexibility index (Phi) is 10.9. The first-order valence-electron chi connectivity index (χ1n) is 14.0. The van der Waals surface area contributed by atoms with Crippen LogP contribution in [-0.4, -0.2) is 86.5 Å². The topological polar surface area (TPSA) is 135 Å². The van der Waals surface area contributed by atoms with Gasteiger partial charge < -0.3 is 29.7 Å². The lowest BCUT2D eigenvalue weighted by atomic mass is 10.0. The van der Waals surface area contributed by atoms with E-state index in [1.807, 2.05) is 44.2 Å². The Morgan fingerprint density at radius 3 is 2.54 bits per heavy atom. The first kappa shape index (κ1) is 31.1. The summed E-state index contributed by atoms with van der Waals surface area (Å²) < 4.78 is 45.4. The van der Waals surface area contributed by atoms with Gasteiger partial charge in [-0.15, -0.1) is 0 Å². The molecule has 41 heavy (non-hydrogen) atoms. The number of fused-ring (bicyclic) bond motifs is 1. The number of nitrogens with one attached hydrogen (secondary N) is 1. The van der Waals surface area contributed by atoms with Crippen LogP contribution in [0.3, 0.4) is 0 Å². The second-order valence-corrected chi connectivity index (χ2v) is 12.8. The van der Waals surface area contributed by atoms with Gasteiger partial charge in [-0.25, -0.2) is 13.2 Å². The molecule has 10 nitrogen and oxygen atoms in total. The minimum atomic E-state index is -3.97. The lowest BCUT2D eigenvalue weighted by molar-refractivity contribution is -0.0907. The Morgan fingerprint density at radius 2 is 1.85 bits per heavy atom. The van der Waals surface area contributed by atoms with E-state index >= 15 is 0 Å². The highest BCUT2D eigenvalue weighted by Crippen LogP contribution is 2.33. The fourth-order valence-electron chi connectivity index (χ4n) is 5.12. The molecular weight excluding hydrogens is 548 g/mol. The van der Waals surface area contributed by atoms with Crippen LogP contribution in [0.2, 0.25) is 0 Å². The predicted octanol–water partition coefficient (Wildman–Crippen LogP) is 2.80. The van der Waals surface area contributed by atoms with Crippen molar-refractivity contribution in [3.05, 3.63) is 71.8 Å². The fourth-order valence-corrected chi connectivity index (χ4v) is 6.75. The van der Waals surface area contributed by atoms with Gasteiger partial charge in [0.2, 0.25) is 10.0 Å². The van der Waals surface area contributed by atoms with Crippen LogP contribution < -0.4 is 5.32 Å².